The Kier molecular flexibility index (Phi) is 7.42. The van der Waals surface area contributed by atoms with Crippen LogP contribution in [0.5, 0.6) is 0 Å². The molecular formula is C46H38N2. The molecule has 0 atom stereocenters. The number of hydrogen-bond donors (Lipinski definition) is 0. The summed E-state index contributed by atoms with van der Waals surface area (Å²) in [6.45, 7) is 6.87. The third kappa shape index (κ3) is 5.36. The van der Waals surface area contributed by atoms with E-state index in [9.17, 15) is 0 Å². The molecule has 1 heterocycles. The van der Waals surface area contributed by atoms with Gasteiger partial charge in [-0.05, 0) is 94.4 Å². The third-order valence-corrected chi connectivity index (χ3v) is 9.35. The summed E-state index contributed by atoms with van der Waals surface area (Å²) in [4.78, 5) is 2.37. The van der Waals surface area contributed by atoms with E-state index in [1.54, 1.807) is 0 Å². The number of para-hydroxylation sites is 3. The summed E-state index contributed by atoms with van der Waals surface area (Å²) in [5.41, 5.74) is 13.1. The highest BCUT2D eigenvalue weighted by Gasteiger charge is 2.21. The minimum atomic E-state index is 0.0474. The van der Waals surface area contributed by atoms with Crippen molar-refractivity contribution in [3.63, 3.8) is 0 Å². The quantitative estimate of drug-likeness (QED) is 0.180. The predicted octanol–water partition coefficient (Wildman–Crippen LogP) is 12.9. The van der Waals surface area contributed by atoms with Crippen LogP contribution in [-0.4, -0.2) is 4.57 Å². The van der Waals surface area contributed by atoms with Crippen molar-refractivity contribution in [2.45, 2.75) is 26.2 Å². The third-order valence-electron chi connectivity index (χ3n) is 9.35. The Balaban J connectivity index is 1.32. The Morgan fingerprint density at radius 2 is 0.958 bits per heavy atom. The normalized spacial score (nSPS) is 11.6. The van der Waals surface area contributed by atoms with Gasteiger partial charge in [-0.25, -0.2) is 0 Å². The van der Waals surface area contributed by atoms with E-state index in [2.05, 4.69) is 206 Å². The van der Waals surface area contributed by atoms with Crippen LogP contribution in [0.15, 0.2) is 176 Å². The first-order valence-corrected chi connectivity index (χ1v) is 16.7. The van der Waals surface area contributed by atoms with Gasteiger partial charge in [0.15, 0.2) is 0 Å². The van der Waals surface area contributed by atoms with Crippen molar-refractivity contribution >= 4 is 38.9 Å². The van der Waals surface area contributed by atoms with Crippen molar-refractivity contribution in [2.24, 2.45) is 0 Å². The Labute approximate surface area is 283 Å². The molecule has 7 aromatic carbocycles. The van der Waals surface area contributed by atoms with E-state index < -0.39 is 0 Å². The van der Waals surface area contributed by atoms with E-state index in [-0.39, 0.29) is 5.41 Å². The van der Waals surface area contributed by atoms with Gasteiger partial charge in [0.1, 0.15) is 0 Å². The second kappa shape index (κ2) is 12.1. The van der Waals surface area contributed by atoms with Crippen LogP contribution in [0.2, 0.25) is 0 Å². The van der Waals surface area contributed by atoms with Crippen LogP contribution in [0.25, 0.3) is 49.7 Å². The lowest BCUT2D eigenvalue weighted by Crippen LogP contribution is -2.11. The molecule has 0 spiro atoms. The van der Waals surface area contributed by atoms with Crippen molar-refractivity contribution in [2.75, 3.05) is 4.90 Å². The first-order valence-electron chi connectivity index (χ1n) is 16.7. The molecular weight excluding hydrogens is 581 g/mol. The van der Waals surface area contributed by atoms with Crippen LogP contribution in [0, 0.1) is 0 Å². The number of anilines is 3. The molecule has 2 nitrogen and oxygen atoms in total. The van der Waals surface area contributed by atoms with Crippen LogP contribution in [0.1, 0.15) is 26.3 Å². The SMILES string of the molecule is CC(C)(C)c1ccc2c(c1)c1cc(-c3ccccc3N(c3ccccc3)c3ccc(-c4ccccc4)cc3)ccc1n2-c1ccccc1. The number of nitrogens with zero attached hydrogens (tertiary/aromatic N) is 2. The minimum Gasteiger partial charge on any atom is -0.310 e. The molecule has 232 valence electrons. The minimum absolute atomic E-state index is 0.0474. The van der Waals surface area contributed by atoms with E-state index in [0.717, 1.165) is 17.1 Å². The van der Waals surface area contributed by atoms with Gasteiger partial charge in [-0.3, -0.25) is 0 Å². The van der Waals surface area contributed by atoms with E-state index in [1.165, 1.54) is 55.3 Å². The van der Waals surface area contributed by atoms with Gasteiger partial charge in [0.2, 0.25) is 0 Å². The number of aromatic nitrogens is 1. The first kappa shape index (κ1) is 29.5. The second-order valence-electron chi connectivity index (χ2n) is 13.5. The fourth-order valence-electron chi connectivity index (χ4n) is 6.86. The fraction of sp³-hybridized carbons (Fsp3) is 0.0870. The highest BCUT2D eigenvalue weighted by Crippen LogP contribution is 2.43. The Morgan fingerprint density at radius 1 is 0.438 bits per heavy atom. The summed E-state index contributed by atoms with van der Waals surface area (Å²) >= 11 is 0. The molecule has 0 aliphatic heterocycles. The lowest BCUT2D eigenvalue weighted by atomic mass is 9.86. The van der Waals surface area contributed by atoms with Crippen molar-refractivity contribution in [3.8, 4) is 27.9 Å². The number of rotatable bonds is 6. The maximum atomic E-state index is 2.40. The average Bonchev–Trinajstić information content (AvgIpc) is 3.46. The molecule has 0 saturated heterocycles. The maximum absolute atomic E-state index is 2.40. The molecule has 2 heteroatoms. The number of fused-ring (bicyclic) bond motifs is 3. The molecule has 0 aliphatic rings. The summed E-state index contributed by atoms with van der Waals surface area (Å²) in [6.07, 6.45) is 0. The van der Waals surface area contributed by atoms with Crippen molar-refractivity contribution < 1.29 is 0 Å². The Morgan fingerprint density at radius 3 is 1.65 bits per heavy atom. The number of hydrogen-bond acceptors (Lipinski definition) is 1. The average molecular weight is 619 g/mol. The second-order valence-corrected chi connectivity index (χ2v) is 13.5. The zero-order valence-electron chi connectivity index (χ0n) is 27.6. The first-order chi connectivity index (χ1) is 23.5. The molecule has 8 rings (SSSR count). The zero-order valence-corrected chi connectivity index (χ0v) is 27.6. The van der Waals surface area contributed by atoms with Gasteiger partial charge in [0.05, 0.1) is 16.7 Å². The van der Waals surface area contributed by atoms with Gasteiger partial charge in [-0.2, -0.15) is 0 Å². The molecule has 0 aliphatic carbocycles. The number of benzene rings is 7. The predicted molar refractivity (Wildman–Crippen MR) is 205 cm³/mol. The van der Waals surface area contributed by atoms with Gasteiger partial charge in [-0.15, -0.1) is 0 Å². The standard InChI is InChI=1S/C46H38N2/c1-46(2,3)36-26-30-45-42(32-36)41-31-35(25-29-44(41)48(45)38-19-11-6-12-20-38)40-21-13-14-22-43(40)47(37-17-9-5-10-18-37)39-27-23-34(24-28-39)33-15-7-4-8-16-33/h4-32H,1-3H3. The molecule has 8 aromatic rings. The molecule has 0 saturated carbocycles. The van der Waals surface area contributed by atoms with Gasteiger partial charge in [0, 0.05) is 33.4 Å². The lowest BCUT2D eigenvalue weighted by Gasteiger charge is -2.28. The lowest BCUT2D eigenvalue weighted by molar-refractivity contribution is 0.591. The molecule has 0 bridgehead atoms. The van der Waals surface area contributed by atoms with E-state index in [4.69, 9.17) is 0 Å². The van der Waals surface area contributed by atoms with Crippen molar-refractivity contribution in [1.82, 2.24) is 4.57 Å². The van der Waals surface area contributed by atoms with E-state index in [1.807, 2.05) is 0 Å². The van der Waals surface area contributed by atoms with Gasteiger partial charge in [-0.1, -0.05) is 130 Å². The molecule has 0 amide bonds. The molecule has 0 radical (unpaired) electrons. The van der Waals surface area contributed by atoms with Crippen LogP contribution in [0.3, 0.4) is 0 Å². The van der Waals surface area contributed by atoms with Crippen LogP contribution < -0.4 is 4.90 Å². The van der Waals surface area contributed by atoms with Crippen molar-refractivity contribution in [1.29, 1.82) is 0 Å². The Bertz CT molecular complexity index is 2340. The summed E-state index contributed by atoms with van der Waals surface area (Å²) in [5.74, 6) is 0. The molecule has 0 N–H and O–H groups in total. The summed E-state index contributed by atoms with van der Waals surface area (Å²) in [5, 5.41) is 2.53. The van der Waals surface area contributed by atoms with E-state index >= 15 is 0 Å². The molecule has 48 heavy (non-hydrogen) atoms. The highest BCUT2D eigenvalue weighted by atomic mass is 15.1. The van der Waals surface area contributed by atoms with Crippen LogP contribution >= 0.6 is 0 Å². The Hall–Kier alpha value is -5.86. The summed E-state index contributed by atoms with van der Waals surface area (Å²) in [7, 11) is 0. The summed E-state index contributed by atoms with van der Waals surface area (Å²) in [6, 6.07) is 63.6. The molecule has 0 unspecified atom stereocenters. The van der Waals surface area contributed by atoms with E-state index in [0.29, 0.717) is 0 Å². The highest BCUT2D eigenvalue weighted by molar-refractivity contribution is 6.11. The van der Waals surface area contributed by atoms with Crippen molar-refractivity contribution in [3.05, 3.63) is 181 Å². The largest absolute Gasteiger partial charge is 0.310 e. The smallest absolute Gasteiger partial charge is 0.0541 e. The topological polar surface area (TPSA) is 8.17 Å². The van der Waals surface area contributed by atoms with Gasteiger partial charge < -0.3 is 9.47 Å². The maximum Gasteiger partial charge on any atom is 0.0541 e. The molecule has 1 aromatic heterocycles. The zero-order chi connectivity index (χ0) is 32.7. The summed E-state index contributed by atoms with van der Waals surface area (Å²) < 4.78 is 2.40. The van der Waals surface area contributed by atoms with Crippen LogP contribution in [0.4, 0.5) is 17.1 Å². The monoisotopic (exact) mass is 618 g/mol. The van der Waals surface area contributed by atoms with Crippen LogP contribution in [-0.2, 0) is 5.41 Å². The van der Waals surface area contributed by atoms with Gasteiger partial charge in [0.25, 0.3) is 0 Å². The fourth-order valence-corrected chi connectivity index (χ4v) is 6.86. The molecule has 0 fully saturated rings. The van der Waals surface area contributed by atoms with Gasteiger partial charge >= 0.3 is 0 Å².